The van der Waals surface area contributed by atoms with Gasteiger partial charge in [0.15, 0.2) is 0 Å². The minimum atomic E-state index is -0.356. The number of methoxy groups -OCH3 is 3. The quantitative estimate of drug-likeness (QED) is 0.249. The number of nitrogens with zero attached hydrogens (tertiary/aromatic N) is 4. The number of rotatable bonds is 13. The van der Waals surface area contributed by atoms with E-state index in [9.17, 15) is 9.59 Å². The molecule has 0 aliphatic carbocycles. The fourth-order valence-corrected chi connectivity index (χ4v) is 3.70. The Morgan fingerprint density at radius 3 is 2.33 bits per heavy atom. The molecule has 1 amide bonds. The first-order chi connectivity index (χ1) is 18.7. The maximum absolute atomic E-state index is 13.3. The molecule has 0 spiro atoms. The number of hydrogen-bond acceptors (Lipinski definition) is 10. The number of benzene rings is 2. The van der Waals surface area contributed by atoms with Crippen LogP contribution in [0.3, 0.4) is 0 Å². The normalized spacial score (nSPS) is 10.5. The number of aromatic nitrogens is 2. The van der Waals surface area contributed by atoms with E-state index in [4.69, 9.17) is 14.2 Å². The fourth-order valence-electron chi connectivity index (χ4n) is 3.70. The summed E-state index contributed by atoms with van der Waals surface area (Å²) in [5, 5.41) is 5.96. The van der Waals surface area contributed by atoms with Gasteiger partial charge in [0.1, 0.15) is 22.9 Å². The third-order valence-electron chi connectivity index (χ3n) is 5.84. The molecule has 1 aromatic heterocycles. The van der Waals surface area contributed by atoms with Crippen molar-refractivity contribution in [3.05, 3.63) is 66.5 Å². The van der Waals surface area contributed by atoms with E-state index in [1.54, 1.807) is 31.4 Å². The Balaban J connectivity index is 1.97. The van der Waals surface area contributed by atoms with Crippen LogP contribution in [0.1, 0.15) is 16.1 Å². The number of ether oxygens (including phenoxy) is 3. The molecule has 3 rings (SSSR count). The zero-order valence-corrected chi connectivity index (χ0v) is 23.1. The molecular weight excluding hydrogens is 500 g/mol. The number of carbonyl (C=O) groups excluding carboxylic acids is 2. The summed E-state index contributed by atoms with van der Waals surface area (Å²) >= 11 is 0. The molecule has 2 N–H and O–H groups in total. The molecule has 0 unspecified atom stereocenters. The summed E-state index contributed by atoms with van der Waals surface area (Å²) in [6.07, 6.45) is 2.68. The van der Waals surface area contributed by atoms with Crippen molar-refractivity contribution in [3.8, 4) is 17.2 Å². The lowest BCUT2D eigenvalue weighted by atomic mass is 10.1. The predicted molar refractivity (Wildman–Crippen MR) is 152 cm³/mol. The van der Waals surface area contributed by atoms with Gasteiger partial charge < -0.3 is 34.6 Å². The first-order valence-corrected chi connectivity index (χ1v) is 12.1. The van der Waals surface area contributed by atoms with Gasteiger partial charge in [-0.2, -0.15) is 0 Å². The van der Waals surface area contributed by atoms with E-state index < -0.39 is 0 Å². The number of amides is 1. The van der Waals surface area contributed by atoms with Crippen LogP contribution in [0.15, 0.2) is 55.3 Å². The number of carbonyl (C=O) groups is 2. The standard InChI is InChI=1S/C28H34N6O5/c1-8-26(35)30-21-16-22(25(39-7)17-23(21)34(4)14-13-33(2)3)32-28-29-12-11-20(31-28)27(36)19-10-9-18(37-5)15-24(19)38-6/h8-12,15-17H,1,13-14H2,2-7H3,(H,30,35)(H,29,31,32). The number of likely N-dealkylation sites (N-methyl/N-ethyl adjacent to an activating group) is 2. The van der Waals surface area contributed by atoms with E-state index in [2.05, 4.69) is 32.1 Å². The molecule has 0 aliphatic heterocycles. The summed E-state index contributed by atoms with van der Waals surface area (Å²) in [5.41, 5.74) is 2.29. The zero-order chi connectivity index (χ0) is 28.5. The highest BCUT2D eigenvalue weighted by Crippen LogP contribution is 2.38. The second-order valence-corrected chi connectivity index (χ2v) is 8.77. The van der Waals surface area contributed by atoms with Crippen molar-refractivity contribution >= 4 is 34.7 Å². The molecule has 0 aliphatic rings. The average Bonchev–Trinajstić information content (AvgIpc) is 2.95. The van der Waals surface area contributed by atoms with Crippen LogP contribution >= 0.6 is 0 Å². The number of ketones is 1. The lowest BCUT2D eigenvalue weighted by Crippen LogP contribution is -2.29. The molecular formula is C28H34N6O5. The Labute approximate surface area is 228 Å². The third-order valence-corrected chi connectivity index (χ3v) is 5.84. The van der Waals surface area contributed by atoms with Crippen molar-refractivity contribution in [2.24, 2.45) is 0 Å². The van der Waals surface area contributed by atoms with Crippen molar-refractivity contribution in [2.75, 3.05) is 71.1 Å². The number of nitrogens with one attached hydrogen (secondary N) is 2. The Morgan fingerprint density at radius 2 is 1.69 bits per heavy atom. The van der Waals surface area contributed by atoms with E-state index in [0.29, 0.717) is 40.7 Å². The van der Waals surface area contributed by atoms with Gasteiger partial charge in [0.05, 0.1) is 44.0 Å². The molecule has 39 heavy (non-hydrogen) atoms. The van der Waals surface area contributed by atoms with Crippen LogP contribution < -0.4 is 29.7 Å². The van der Waals surface area contributed by atoms with Gasteiger partial charge in [-0.15, -0.1) is 0 Å². The Morgan fingerprint density at radius 1 is 0.949 bits per heavy atom. The molecule has 2 aromatic carbocycles. The van der Waals surface area contributed by atoms with Crippen LogP contribution in [0.4, 0.5) is 23.0 Å². The maximum Gasteiger partial charge on any atom is 0.247 e. The second kappa shape index (κ2) is 13.2. The highest BCUT2D eigenvalue weighted by atomic mass is 16.5. The van der Waals surface area contributed by atoms with Crippen LogP contribution in [0.25, 0.3) is 0 Å². The van der Waals surface area contributed by atoms with Crippen molar-refractivity contribution in [3.63, 3.8) is 0 Å². The molecule has 0 bridgehead atoms. The van der Waals surface area contributed by atoms with E-state index in [-0.39, 0.29) is 23.3 Å². The van der Waals surface area contributed by atoms with E-state index >= 15 is 0 Å². The Kier molecular flexibility index (Phi) is 9.82. The molecule has 1 heterocycles. The molecule has 11 heteroatoms. The van der Waals surface area contributed by atoms with Crippen molar-refractivity contribution in [1.82, 2.24) is 14.9 Å². The Hall–Kier alpha value is -4.64. The average molecular weight is 535 g/mol. The molecule has 11 nitrogen and oxygen atoms in total. The molecule has 3 aromatic rings. The van der Waals surface area contributed by atoms with Crippen LogP contribution in [-0.2, 0) is 4.79 Å². The van der Waals surface area contributed by atoms with Crippen LogP contribution in [0.5, 0.6) is 17.2 Å². The lowest BCUT2D eigenvalue weighted by Gasteiger charge is -2.26. The van der Waals surface area contributed by atoms with Gasteiger partial charge in [-0.1, -0.05) is 6.58 Å². The van der Waals surface area contributed by atoms with E-state index in [1.807, 2.05) is 32.1 Å². The van der Waals surface area contributed by atoms with Gasteiger partial charge in [0, 0.05) is 38.5 Å². The highest BCUT2D eigenvalue weighted by Gasteiger charge is 2.19. The summed E-state index contributed by atoms with van der Waals surface area (Å²) in [5.74, 6) is 0.896. The molecule has 0 atom stereocenters. The van der Waals surface area contributed by atoms with Gasteiger partial charge in [0.25, 0.3) is 0 Å². The molecule has 0 radical (unpaired) electrons. The van der Waals surface area contributed by atoms with Crippen LogP contribution in [0.2, 0.25) is 0 Å². The summed E-state index contributed by atoms with van der Waals surface area (Å²) in [6.45, 7) is 5.06. The first-order valence-electron chi connectivity index (χ1n) is 12.1. The van der Waals surface area contributed by atoms with Crippen molar-refractivity contribution < 1.29 is 23.8 Å². The molecule has 206 valence electrons. The number of anilines is 4. The van der Waals surface area contributed by atoms with Gasteiger partial charge in [0.2, 0.25) is 17.6 Å². The summed E-state index contributed by atoms with van der Waals surface area (Å²) in [7, 11) is 10.5. The highest BCUT2D eigenvalue weighted by molar-refractivity contribution is 6.09. The van der Waals surface area contributed by atoms with Gasteiger partial charge in [-0.25, -0.2) is 9.97 Å². The number of hydrogen-bond donors (Lipinski definition) is 2. The van der Waals surface area contributed by atoms with Crippen LogP contribution in [-0.4, -0.2) is 82.1 Å². The molecule has 0 fully saturated rings. The van der Waals surface area contributed by atoms with Gasteiger partial charge in [-0.3, -0.25) is 9.59 Å². The third kappa shape index (κ3) is 7.23. The SMILES string of the molecule is C=CC(=O)Nc1cc(Nc2nccc(C(=O)c3ccc(OC)cc3OC)n2)c(OC)cc1N(C)CCN(C)C. The van der Waals surface area contributed by atoms with Gasteiger partial charge in [-0.05, 0) is 44.4 Å². The van der Waals surface area contributed by atoms with Crippen LogP contribution in [0, 0.1) is 0 Å². The second-order valence-electron chi connectivity index (χ2n) is 8.77. The molecule has 0 saturated heterocycles. The van der Waals surface area contributed by atoms with E-state index in [0.717, 1.165) is 12.2 Å². The summed E-state index contributed by atoms with van der Waals surface area (Å²) in [6, 6.07) is 10.00. The minimum absolute atomic E-state index is 0.162. The van der Waals surface area contributed by atoms with Crippen molar-refractivity contribution in [2.45, 2.75) is 0 Å². The summed E-state index contributed by atoms with van der Waals surface area (Å²) < 4.78 is 16.2. The maximum atomic E-state index is 13.3. The monoisotopic (exact) mass is 534 g/mol. The van der Waals surface area contributed by atoms with Gasteiger partial charge >= 0.3 is 0 Å². The smallest absolute Gasteiger partial charge is 0.247 e. The first kappa shape index (κ1) is 28.9. The largest absolute Gasteiger partial charge is 0.497 e. The van der Waals surface area contributed by atoms with Crippen molar-refractivity contribution in [1.29, 1.82) is 0 Å². The minimum Gasteiger partial charge on any atom is -0.497 e. The topological polar surface area (TPSA) is 118 Å². The molecule has 0 saturated carbocycles. The predicted octanol–water partition coefficient (Wildman–Crippen LogP) is 3.60. The zero-order valence-electron chi connectivity index (χ0n) is 23.1. The summed E-state index contributed by atoms with van der Waals surface area (Å²) in [4.78, 5) is 38.2. The lowest BCUT2D eigenvalue weighted by molar-refractivity contribution is -0.111. The van der Waals surface area contributed by atoms with E-state index in [1.165, 1.54) is 32.6 Å². The fraction of sp³-hybridized carbons (Fsp3) is 0.286. The Bertz CT molecular complexity index is 1340.